The number of likely N-dealkylation sites (N-methyl/N-ethyl adjacent to an activating group) is 1. The maximum Gasteiger partial charge on any atom is 0.226 e. The molecule has 0 saturated carbocycles. The zero-order valence-corrected chi connectivity index (χ0v) is 16.9. The van der Waals surface area contributed by atoms with Gasteiger partial charge in [-0.1, -0.05) is 50.2 Å². The average Bonchev–Trinajstić information content (AvgIpc) is 3.10. The minimum absolute atomic E-state index is 0.124. The Balaban J connectivity index is 1.50. The summed E-state index contributed by atoms with van der Waals surface area (Å²) in [6, 6.07) is 8.30. The molecule has 0 bridgehead atoms. The summed E-state index contributed by atoms with van der Waals surface area (Å²) < 4.78 is 5.37. The molecule has 1 aliphatic rings. The fourth-order valence-electron chi connectivity index (χ4n) is 3.28. The van der Waals surface area contributed by atoms with Gasteiger partial charge in [-0.05, 0) is 17.4 Å². The third-order valence-corrected chi connectivity index (χ3v) is 5.23. The van der Waals surface area contributed by atoms with Gasteiger partial charge in [0.1, 0.15) is 0 Å². The van der Waals surface area contributed by atoms with Crippen LogP contribution in [0.5, 0.6) is 0 Å². The van der Waals surface area contributed by atoms with Gasteiger partial charge in [-0.2, -0.15) is 4.98 Å². The van der Waals surface area contributed by atoms with Gasteiger partial charge in [0.15, 0.2) is 0 Å². The van der Waals surface area contributed by atoms with E-state index in [4.69, 9.17) is 4.52 Å². The van der Waals surface area contributed by atoms with Crippen molar-refractivity contribution in [3.63, 3.8) is 0 Å². The second-order valence-corrected chi connectivity index (χ2v) is 8.53. The number of quaternary nitrogens is 1. The molecule has 0 aliphatic carbocycles. The molecule has 2 heterocycles. The van der Waals surface area contributed by atoms with Gasteiger partial charge < -0.3 is 14.3 Å². The van der Waals surface area contributed by atoms with Crippen molar-refractivity contribution in [3.8, 4) is 11.4 Å². The number of amides is 1. The molecule has 3 rings (SSSR count). The summed E-state index contributed by atoms with van der Waals surface area (Å²) in [6.45, 7) is 10.4. The number of nitrogens with zero attached hydrogens (tertiary/aromatic N) is 3. The summed E-state index contributed by atoms with van der Waals surface area (Å²) in [5, 5.41) is 4.09. The number of carbonyl (C=O) groups excluding carboxylic acids is 1. The molecule has 0 spiro atoms. The first-order valence-corrected chi connectivity index (χ1v) is 9.85. The molecule has 1 fully saturated rings. The van der Waals surface area contributed by atoms with Crippen molar-refractivity contribution >= 4 is 5.91 Å². The Morgan fingerprint density at radius 2 is 1.85 bits per heavy atom. The van der Waals surface area contributed by atoms with Crippen LogP contribution in [0.2, 0.25) is 0 Å². The third-order valence-electron chi connectivity index (χ3n) is 5.23. The predicted octanol–water partition coefficient (Wildman–Crippen LogP) is 1.71. The predicted molar refractivity (Wildman–Crippen MR) is 105 cm³/mol. The standard InChI is InChI=1S/C21H30N4O2/c1-21(2,3)17-10-8-16(9-11-17)20-22-18(27-23-20)6-5-7-19(26)25-14-12-24(4)13-15-25/h8-11H,5-7,12-15H2,1-4H3/p+1. The van der Waals surface area contributed by atoms with Crippen LogP contribution in [-0.4, -0.2) is 54.2 Å². The maximum atomic E-state index is 12.3. The Morgan fingerprint density at radius 1 is 1.19 bits per heavy atom. The molecule has 1 aromatic heterocycles. The monoisotopic (exact) mass is 371 g/mol. The van der Waals surface area contributed by atoms with Gasteiger partial charge in [0, 0.05) is 18.4 Å². The molecule has 0 atom stereocenters. The number of rotatable bonds is 5. The lowest BCUT2D eigenvalue weighted by Gasteiger charge is -2.30. The Morgan fingerprint density at radius 3 is 2.48 bits per heavy atom. The van der Waals surface area contributed by atoms with Crippen molar-refractivity contribution in [1.29, 1.82) is 0 Å². The fourth-order valence-corrected chi connectivity index (χ4v) is 3.28. The highest BCUT2D eigenvalue weighted by Crippen LogP contribution is 2.25. The van der Waals surface area contributed by atoms with E-state index >= 15 is 0 Å². The van der Waals surface area contributed by atoms with Gasteiger partial charge in [0.05, 0.1) is 33.2 Å². The lowest BCUT2D eigenvalue weighted by atomic mass is 9.87. The highest BCUT2D eigenvalue weighted by Gasteiger charge is 2.21. The van der Waals surface area contributed by atoms with Crippen LogP contribution >= 0.6 is 0 Å². The van der Waals surface area contributed by atoms with E-state index in [9.17, 15) is 4.79 Å². The van der Waals surface area contributed by atoms with E-state index in [0.717, 1.165) is 38.2 Å². The highest BCUT2D eigenvalue weighted by molar-refractivity contribution is 5.76. The average molecular weight is 372 g/mol. The minimum atomic E-state index is 0.124. The molecule has 146 valence electrons. The molecule has 0 unspecified atom stereocenters. The number of hydrogen-bond donors (Lipinski definition) is 1. The third kappa shape index (κ3) is 5.16. The molecular formula is C21H31N4O2+. The molecular weight excluding hydrogens is 340 g/mol. The van der Waals surface area contributed by atoms with Gasteiger partial charge in [0.25, 0.3) is 0 Å². The van der Waals surface area contributed by atoms with E-state index in [-0.39, 0.29) is 11.3 Å². The van der Waals surface area contributed by atoms with E-state index in [1.54, 1.807) is 0 Å². The van der Waals surface area contributed by atoms with Crippen LogP contribution in [-0.2, 0) is 16.6 Å². The van der Waals surface area contributed by atoms with Crippen LogP contribution in [0, 0.1) is 0 Å². The SMILES string of the molecule is C[NH+]1CCN(C(=O)CCCc2nc(-c3ccc(C(C)(C)C)cc3)no2)CC1. The van der Waals surface area contributed by atoms with Gasteiger partial charge >= 0.3 is 0 Å². The summed E-state index contributed by atoms with van der Waals surface area (Å²) in [6.07, 6.45) is 1.91. The first kappa shape index (κ1) is 19.5. The largest absolute Gasteiger partial charge is 0.339 e. The smallest absolute Gasteiger partial charge is 0.226 e. The lowest BCUT2D eigenvalue weighted by Crippen LogP contribution is -3.12. The Kier molecular flexibility index (Phi) is 5.95. The number of piperazine rings is 1. The number of carbonyl (C=O) groups is 1. The molecule has 1 N–H and O–H groups in total. The lowest BCUT2D eigenvalue weighted by molar-refractivity contribution is -0.883. The number of nitrogens with one attached hydrogen (secondary N) is 1. The van der Waals surface area contributed by atoms with E-state index in [1.165, 1.54) is 10.5 Å². The Hall–Kier alpha value is -2.21. The first-order chi connectivity index (χ1) is 12.8. The second kappa shape index (κ2) is 8.21. The topological polar surface area (TPSA) is 63.7 Å². The van der Waals surface area contributed by atoms with Gasteiger partial charge in [-0.3, -0.25) is 4.79 Å². The van der Waals surface area contributed by atoms with Crippen molar-refractivity contribution in [3.05, 3.63) is 35.7 Å². The van der Waals surface area contributed by atoms with Gasteiger partial charge in [-0.25, -0.2) is 0 Å². The summed E-state index contributed by atoms with van der Waals surface area (Å²) in [7, 11) is 2.17. The number of hydrogen-bond acceptors (Lipinski definition) is 4. The van der Waals surface area contributed by atoms with Gasteiger partial charge in [-0.15, -0.1) is 0 Å². The van der Waals surface area contributed by atoms with E-state index in [1.807, 2.05) is 17.0 Å². The maximum absolute atomic E-state index is 12.3. The molecule has 6 heteroatoms. The molecule has 1 amide bonds. The molecule has 0 radical (unpaired) electrons. The second-order valence-electron chi connectivity index (χ2n) is 8.53. The Bertz CT molecular complexity index is 753. The van der Waals surface area contributed by atoms with Crippen molar-refractivity contribution in [2.75, 3.05) is 33.2 Å². The number of aromatic nitrogens is 2. The number of aryl methyl sites for hydroxylation is 1. The number of benzene rings is 1. The van der Waals surface area contributed by atoms with E-state index in [2.05, 4.69) is 50.1 Å². The van der Waals surface area contributed by atoms with Crippen LogP contribution in [0.15, 0.2) is 28.8 Å². The summed E-state index contributed by atoms with van der Waals surface area (Å²) in [5.74, 6) is 1.44. The van der Waals surface area contributed by atoms with Crippen LogP contribution < -0.4 is 4.90 Å². The van der Waals surface area contributed by atoms with Crippen molar-refractivity contribution in [1.82, 2.24) is 15.0 Å². The van der Waals surface area contributed by atoms with Crippen molar-refractivity contribution < 1.29 is 14.2 Å². The molecule has 6 nitrogen and oxygen atoms in total. The zero-order chi connectivity index (χ0) is 19.4. The minimum Gasteiger partial charge on any atom is -0.339 e. The van der Waals surface area contributed by atoms with Crippen LogP contribution in [0.3, 0.4) is 0 Å². The molecule has 1 aromatic carbocycles. The molecule has 1 aliphatic heterocycles. The molecule has 1 saturated heterocycles. The van der Waals surface area contributed by atoms with E-state index < -0.39 is 0 Å². The first-order valence-electron chi connectivity index (χ1n) is 9.85. The zero-order valence-electron chi connectivity index (χ0n) is 16.9. The van der Waals surface area contributed by atoms with E-state index in [0.29, 0.717) is 24.6 Å². The quantitative estimate of drug-likeness (QED) is 0.869. The molecule has 2 aromatic rings. The summed E-state index contributed by atoms with van der Waals surface area (Å²) in [5.41, 5.74) is 2.35. The van der Waals surface area contributed by atoms with Crippen molar-refractivity contribution in [2.45, 2.75) is 45.4 Å². The highest BCUT2D eigenvalue weighted by atomic mass is 16.5. The summed E-state index contributed by atoms with van der Waals surface area (Å²) >= 11 is 0. The van der Waals surface area contributed by atoms with Crippen LogP contribution in [0.1, 0.15) is 45.1 Å². The Labute approximate surface area is 161 Å². The van der Waals surface area contributed by atoms with Gasteiger partial charge in [0.2, 0.25) is 17.6 Å². The van der Waals surface area contributed by atoms with Crippen LogP contribution in [0.25, 0.3) is 11.4 Å². The fraction of sp³-hybridized carbons (Fsp3) is 0.571. The van der Waals surface area contributed by atoms with Crippen molar-refractivity contribution in [2.24, 2.45) is 0 Å². The molecule has 27 heavy (non-hydrogen) atoms. The van der Waals surface area contributed by atoms with Crippen LogP contribution in [0.4, 0.5) is 0 Å². The summed E-state index contributed by atoms with van der Waals surface area (Å²) in [4.78, 5) is 20.2. The normalized spacial score (nSPS) is 15.9.